The maximum atomic E-state index is 12.5. The van der Waals surface area contributed by atoms with Crippen molar-refractivity contribution < 1.29 is 23.5 Å². The number of hydrogen-bond acceptors (Lipinski definition) is 5. The Bertz CT molecular complexity index is 939. The molecule has 1 aliphatic carbocycles. The normalized spacial score (nSPS) is 20.6. The lowest BCUT2D eigenvalue weighted by atomic mass is 10.0. The Morgan fingerprint density at radius 3 is 2.68 bits per heavy atom. The molecule has 0 amide bonds. The number of fused-ring (bicyclic) bond motifs is 1. The van der Waals surface area contributed by atoms with E-state index in [1.165, 1.54) is 12.8 Å². The van der Waals surface area contributed by atoms with Gasteiger partial charge in [-0.2, -0.15) is 0 Å². The van der Waals surface area contributed by atoms with Gasteiger partial charge in [-0.1, -0.05) is 31.0 Å². The number of para-hydroxylation sites is 1. The summed E-state index contributed by atoms with van der Waals surface area (Å²) >= 11 is 0. The molecule has 5 nitrogen and oxygen atoms in total. The van der Waals surface area contributed by atoms with Crippen LogP contribution in [-0.2, 0) is 19.1 Å². The van der Waals surface area contributed by atoms with Crippen molar-refractivity contribution in [2.45, 2.75) is 52.1 Å². The minimum Gasteiger partial charge on any atom is -0.474 e. The molecule has 28 heavy (non-hydrogen) atoms. The van der Waals surface area contributed by atoms with E-state index in [1.54, 1.807) is 6.92 Å². The van der Waals surface area contributed by atoms with Crippen molar-refractivity contribution in [2.75, 3.05) is 0 Å². The molecule has 1 atom stereocenters. The fraction of sp³-hybridized carbons (Fsp3) is 0.391. The first kappa shape index (κ1) is 18.5. The number of esters is 1. The number of ether oxygens (including phenoxy) is 2. The SMILES string of the molecule is CC1=C(c2cc3ccccc3o2)OC(C=O)C(C)=C1OC(=O)CC1CCCC1. The number of hydrogen-bond donors (Lipinski definition) is 0. The number of carbonyl (C=O) groups is 2. The number of aldehydes is 1. The number of rotatable bonds is 5. The van der Waals surface area contributed by atoms with Crippen LogP contribution in [0.2, 0.25) is 0 Å². The Hall–Kier alpha value is -2.82. The van der Waals surface area contributed by atoms with Gasteiger partial charge in [0.25, 0.3) is 0 Å². The van der Waals surface area contributed by atoms with Gasteiger partial charge in [0.2, 0.25) is 0 Å². The van der Waals surface area contributed by atoms with Gasteiger partial charge < -0.3 is 13.9 Å². The topological polar surface area (TPSA) is 65.7 Å². The fourth-order valence-electron chi connectivity index (χ4n) is 4.06. The third-order valence-corrected chi connectivity index (χ3v) is 5.63. The average molecular weight is 380 g/mol. The highest BCUT2D eigenvalue weighted by Gasteiger charge is 2.31. The molecule has 1 fully saturated rings. The van der Waals surface area contributed by atoms with Crippen LogP contribution in [0.1, 0.15) is 51.7 Å². The van der Waals surface area contributed by atoms with E-state index in [4.69, 9.17) is 13.9 Å². The standard InChI is InChI=1S/C23H24O5/c1-14-20(13-24)27-23(19-12-17-9-5-6-10-18(17)26-19)15(2)22(14)28-21(25)11-16-7-3-4-8-16/h5-6,9-10,12-13,16,20H,3-4,7-8,11H2,1-2H3. The van der Waals surface area contributed by atoms with E-state index in [-0.39, 0.29) is 5.97 Å². The zero-order valence-corrected chi connectivity index (χ0v) is 16.2. The van der Waals surface area contributed by atoms with Crippen LogP contribution in [0.25, 0.3) is 16.7 Å². The predicted octanol–water partition coefficient (Wildman–Crippen LogP) is 5.16. The van der Waals surface area contributed by atoms with Crippen molar-refractivity contribution in [3.63, 3.8) is 0 Å². The van der Waals surface area contributed by atoms with Gasteiger partial charge in [-0.15, -0.1) is 0 Å². The minimum atomic E-state index is -0.804. The molecule has 5 heteroatoms. The number of carbonyl (C=O) groups excluding carboxylic acids is 2. The molecule has 146 valence electrons. The van der Waals surface area contributed by atoms with E-state index < -0.39 is 6.10 Å². The van der Waals surface area contributed by atoms with Crippen LogP contribution in [-0.4, -0.2) is 18.4 Å². The Morgan fingerprint density at radius 2 is 1.96 bits per heavy atom. The van der Waals surface area contributed by atoms with Gasteiger partial charge in [0.05, 0.1) is 0 Å². The van der Waals surface area contributed by atoms with Crippen molar-refractivity contribution in [3.8, 4) is 0 Å². The van der Waals surface area contributed by atoms with Gasteiger partial charge in [0, 0.05) is 23.0 Å². The maximum absolute atomic E-state index is 12.5. The molecule has 1 aromatic heterocycles. The largest absolute Gasteiger partial charge is 0.474 e. The molecular formula is C23H24O5. The van der Waals surface area contributed by atoms with Gasteiger partial charge in [-0.3, -0.25) is 9.59 Å². The molecule has 4 rings (SSSR count). The van der Waals surface area contributed by atoms with Gasteiger partial charge >= 0.3 is 5.97 Å². The average Bonchev–Trinajstić information content (AvgIpc) is 3.34. The molecule has 0 saturated heterocycles. The Morgan fingerprint density at radius 1 is 1.21 bits per heavy atom. The molecule has 1 aliphatic heterocycles. The molecule has 1 aromatic carbocycles. The van der Waals surface area contributed by atoms with Gasteiger partial charge in [0.15, 0.2) is 23.9 Å². The third-order valence-electron chi connectivity index (χ3n) is 5.63. The van der Waals surface area contributed by atoms with Crippen LogP contribution in [0.4, 0.5) is 0 Å². The molecule has 2 heterocycles. The summed E-state index contributed by atoms with van der Waals surface area (Å²) in [6, 6.07) is 9.51. The van der Waals surface area contributed by atoms with E-state index in [9.17, 15) is 9.59 Å². The molecule has 1 unspecified atom stereocenters. The van der Waals surface area contributed by atoms with E-state index in [1.807, 2.05) is 37.3 Å². The summed E-state index contributed by atoms with van der Waals surface area (Å²) in [5.41, 5.74) is 2.00. The van der Waals surface area contributed by atoms with Crippen molar-refractivity contribution in [1.29, 1.82) is 0 Å². The molecule has 0 bridgehead atoms. The summed E-state index contributed by atoms with van der Waals surface area (Å²) < 4.78 is 17.5. The molecular weight excluding hydrogens is 356 g/mol. The van der Waals surface area contributed by atoms with Crippen LogP contribution < -0.4 is 0 Å². The zero-order valence-electron chi connectivity index (χ0n) is 16.2. The summed E-state index contributed by atoms with van der Waals surface area (Å²) in [6.45, 7) is 3.58. The van der Waals surface area contributed by atoms with E-state index in [0.717, 1.165) is 30.1 Å². The molecule has 0 radical (unpaired) electrons. The number of furan rings is 1. The predicted molar refractivity (Wildman–Crippen MR) is 105 cm³/mol. The van der Waals surface area contributed by atoms with Crippen LogP contribution in [0, 0.1) is 5.92 Å². The maximum Gasteiger partial charge on any atom is 0.311 e. The monoisotopic (exact) mass is 380 g/mol. The number of benzene rings is 1. The van der Waals surface area contributed by atoms with Crippen LogP contribution in [0.15, 0.2) is 51.7 Å². The van der Waals surface area contributed by atoms with Crippen molar-refractivity contribution in [2.24, 2.45) is 5.92 Å². The smallest absolute Gasteiger partial charge is 0.311 e. The van der Waals surface area contributed by atoms with Crippen molar-refractivity contribution in [1.82, 2.24) is 0 Å². The highest BCUT2D eigenvalue weighted by atomic mass is 16.5. The van der Waals surface area contributed by atoms with Gasteiger partial charge in [-0.25, -0.2) is 0 Å². The molecule has 2 aliphatic rings. The molecule has 2 aromatic rings. The fourth-order valence-corrected chi connectivity index (χ4v) is 4.06. The molecule has 0 N–H and O–H groups in total. The summed E-state index contributed by atoms with van der Waals surface area (Å²) in [5, 5.41) is 0.940. The quantitative estimate of drug-likeness (QED) is 0.529. The zero-order chi connectivity index (χ0) is 19.7. The lowest BCUT2D eigenvalue weighted by Gasteiger charge is -2.26. The number of allylic oxidation sites excluding steroid dienone is 1. The summed E-state index contributed by atoms with van der Waals surface area (Å²) in [4.78, 5) is 24.1. The van der Waals surface area contributed by atoms with Crippen molar-refractivity contribution in [3.05, 3.63) is 53.0 Å². The Kier molecular flexibility index (Phi) is 5.07. The second-order valence-corrected chi connectivity index (χ2v) is 7.62. The highest BCUT2D eigenvalue weighted by molar-refractivity contribution is 5.83. The first-order valence-electron chi connectivity index (χ1n) is 9.80. The van der Waals surface area contributed by atoms with Crippen LogP contribution in [0.3, 0.4) is 0 Å². The van der Waals surface area contributed by atoms with Crippen LogP contribution in [0.5, 0.6) is 0 Å². The summed E-state index contributed by atoms with van der Waals surface area (Å²) in [5.74, 6) is 1.51. The molecule has 0 spiro atoms. The first-order valence-corrected chi connectivity index (χ1v) is 9.80. The second-order valence-electron chi connectivity index (χ2n) is 7.62. The Labute approximate surface area is 164 Å². The van der Waals surface area contributed by atoms with Crippen molar-refractivity contribution >= 4 is 29.0 Å². The van der Waals surface area contributed by atoms with E-state index in [2.05, 4.69) is 0 Å². The van der Waals surface area contributed by atoms with Gasteiger partial charge in [0.1, 0.15) is 11.3 Å². The summed E-state index contributed by atoms with van der Waals surface area (Å²) in [7, 11) is 0. The van der Waals surface area contributed by atoms with E-state index in [0.29, 0.717) is 40.8 Å². The first-order chi connectivity index (χ1) is 13.6. The van der Waals surface area contributed by atoms with Crippen LogP contribution >= 0.6 is 0 Å². The molecule has 1 saturated carbocycles. The van der Waals surface area contributed by atoms with Gasteiger partial charge in [-0.05, 0) is 44.7 Å². The Balaban J connectivity index is 1.65. The second kappa shape index (κ2) is 7.66. The lowest BCUT2D eigenvalue weighted by Crippen LogP contribution is -2.24. The third kappa shape index (κ3) is 3.49. The summed E-state index contributed by atoms with van der Waals surface area (Å²) in [6.07, 6.45) is 4.83. The lowest BCUT2D eigenvalue weighted by molar-refractivity contribution is -0.140. The van der Waals surface area contributed by atoms with E-state index >= 15 is 0 Å². The highest BCUT2D eigenvalue weighted by Crippen LogP contribution is 2.37. The minimum absolute atomic E-state index is 0.254.